The fraction of sp³-hybridized carbons (Fsp3) is 0.600. The second-order valence-corrected chi connectivity index (χ2v) is 3.82. The molecule has 1 heterocycles. The van der Waals surface area contributed by atoms with Crippen LogP contribution in [0.3, 0.4) is 0 Å². The van der Waals surface area contributed by atoms with Gasteiger partial charge in [-0.05, 0) is 24.3 Å². The first-order valence-electron chi connectivity index (χ1n) is 4.58. The predicted molar refractivity (Wildman–Crippen MR) is 47.9 cm³/mol. The van der Waals surface area contributed by atoms with Gasteiger partial charge in [0.05, 0.1) is 5.69 Å². The third kappa shape index (κ3) is 1.11. The summed E-state index contributed by atoms with van der Waals surface area (Å²) >= 11 is 0. The molecule has 1 aliphatic carbocycles. The van der Waals surface area contributed by atoms with Crippen LogP contribution in [0.5, 0.6) is 0 Å². The Labute approximate surface area is 73.1 Å². The molecule has 2 nitrogen and oxygen atoms in total. The summed E-state index contributed by atoms with van der Waals surface area (Å²) in [6.07, 6.45) is 6.05. The van der Waals surface area contributed by atoms with Crippen molar-refractivity contribution in [3.63, 3.8) is 0 Å². The fourth-order valence-electron chi connectivity index (χ4n) is 1.99. The van der Waals surface area contributed by atoms with Gasteiger partial charge in [-0.1, -0.05) is 13.8 Å². The van der Waals surface area contributed by atoms with Gasteiger partial charge in [-0.3, -0.25) is 0 Å². The van der Waals surface area contributed by atoms with Gasteiger partial charge in [0.15, 0.2) is 0 Å². The topological polar surface area (TPSA) is 25.8 Å². The number of hydrogen-bond acceptors (Lipinski definition) is 2. The lowest BCUT2D eigenvalue weighted by atomic mass is 9.94. The van der Waals surface area contributed by atoms with Crippen LogP contribution in [0, 0.1) is 5.92 Å². The SMILES string of the molecule is CC(C)C1CCc2cncnc21. The normalized spacial score (nSPS) is 21.4. The summed E-state index contributed by atoms with van der Waals surface area (Å²) in [5, 5.41) is 0. The summed E-state index contributed by atoms with van der Waals surface area (Å²) in [5.41, 5.74) is 2.65. The molecule has 0 bridgehead atoms. The summed E-state index contributed by atoms with van der Waals surface area (Å²) in [6, 6.07) is 0. The van der Waals surface area contributed by atoms with Gasteiger partial charge in [-0.25, -0.2) is 9.97 Å². The van der Waals surface area contributed by atoms with Crippen molar-refractivity contribution in [1.29, 1.82) is 0 Å². The average Bonchev–Trinajstić information content (AvgIpc) is 2.47. The molecule has 1 unspecified atom stereocenters. The van der Waals surface area contributed by atoms with Crippen molar-refractivity contribution in [3.05, 3.63) is 23.8 Å². The van der Waals surface area contributed by atoms with Crippen LogP contribution in [0.2, 0.25) is 0 Å². The van der Waals surface area contributed by atoms with Crippen molar-refractivity contribution < 1.29 is 0 Å². The highest BCUT2D eigenvalue weighted by Gasteiger charge is 2.25. The number of nitrogens with zero attached hydrogens (tertiary/aromatic N) is 2. The smallest absolute Gasteiger partial charge is 0.115 e. The van der Waals surface area contributed by atoms with E-state index in [0.717, 1.165) is 0 Å². The lowest BCUT2D eigenvalue weighted by Crippen LogP contribution is -2.04. The molecule has 0 saturated carbocycles. The fourth-order valence-corrected chi connectivity index (χ4v) is 1.99. The molecule has 2 rings (SSSR count). The van der Waals surface area contributed by atoms with Crippen LogP contribution in [0.25, 0.3) is 0 Å². The molecule has 0 aliphatic heterocycles. The maximum Gasteiger partial charge on any atom is 0.115 e. The highest BCUT2D eigenvalue weighted by atomic mass is 14.8. The van der Waals surface area contributed by atoms with Crippen LogP contribution in [0.15, 0.2) is 12.5 Å². The van der Waals surface area contributed by atoms with Crippen LogP contribution >= 0.6 is 0 Å². The van der Waals surface area contributed by atoms with E-state index in [-0.39, 0.29) is 0 Å². The molecule has 1 atom stereocenters. The van der Waals surface area contributed by atoms with Crippen LogP contribution in [-0.4, -0.2) is 9.97 Å². The molecule has 64 valence electrons. The maximum absolute atomic E-state index is 4.35. The molecule has 0 radical (unpaired) electrons. The van der Waals surface area contributed by atoms with E-state index in [9.17, 15) is 0 Å². The molecule has 0 fully saturated rings. The van der Waals surface area contributed by atoms with E-state index >= 15 is 0 Å². The molecule has 2 heteroatoms. The van der Waals surface area contributed by atoms with Gasteiger partial charge in [0.1, 0.15) is 6.33 Å². The second-order valence-electron chi connectivity index (χ2n) is 3.82. The van der Waals surface area contributed by atoms with E-state index < -0.39 is 0 Å². The van der Waals surface area contributed by atoms with E-state index in [4.69, 9.17) is 0 Å². The van der Waals surface area contributed by atoms with Crippen molar-refractivity contribution >= 4 is 0 Å². The zero-order valence-electron chi connectivity index (χ0n) is 7.62. The summed E-state index contributed by atoms with van der Waals surface area (Å²) in [5.74, 6) is 1.38. The van der Waals surface area contributed by atoms with E-state index in [2.05, 4.69) is 23.8 Å². The average molecular weight is 162 g/mol. The summed E-state index contributed by atoms with van der Waals surface area (Å²) in [6.45, 7) is 4.53. The predicted octanol–water partition coefficient (Wildman–Crippen LogP) is 2.16. The standard InChI is InChI=1S/C10H14N2/c1-7(2)9-4-3-8-5-11-6-12-10(8)9/h5-7,9H,3-4H2,1-2H3. The lowest BCUT2D eigenvalue weighted by molar-refractivity contribution is 0.487. The molecular weight excluding hydrogens is 148 g/mol. The largest absolute Gasteiger partial charge is 0.245 e. The minimum absolute atomic E-state index is 0.669. The highest BCUT2D eigenvalue weighted by Crippen LogP contribution is 2.35. The van der Waals surface area contributed by atoms with E-state index in [1.54, 1.807) is 6.33 Å². The number of fused-ring (bicyclic) bond motifs is 1. The summed E-state index contributed by atoms with van der Waals surface area (Å²) in [7, 11) is 0. The van der Waals surface area contributed by atoms with E-state index in [0.29, 0.717) is 11.8 Å². The lowest BCUT2D eigenvalue weighted by Gasteiger charge is -2.13. The molecule has 0 N–H and O–H groups in total. The van der Waals surface area contributed by atoms with Gasteiger partial charge >= 0.3 is 0 Å². The Morgan fingerprint density at radius 2 is 2.33 bits per heavy atom. The zero-order chi connectivity index (χ0) is 8.55. The van der Waals surface area contributed by atoms with Crippen molar-refractivity contribution in [2.24, 2.45) is 5.92 Å². The number of hydrogen-bond donors (Lipinski definition) is 0. The monoisotopic (exact) mass is 162 g/mol. The van der Waals surface area contributed by atoms with Gasteiger partial charge < -0.3 is 0 Å². The van der Waals surface area contributed by atoms with Gasteiger partial charge in [0.2, 0.25) is 0 Å². The number of aromatic nitrogens is 2. The molecule has 1 aliphatic rings. The van der Waals surface area contributed by atoms with Gasteiger partial charge in [0, 0.05) is 12.1 Å². The molecule has 1 aromatic rings. The van der Waals surface area contributed by atoms with Crippen LogP contribution in [0.4, 0.5) is 0 Å². The molecule has 0 aromatic carbocycles. The van der Waals surface area contributed by atoms with Crippen molar-refractivity contribution in [2.75, 3.05) is 0 Å². The molecule has 1 aromatic heterocycles. The van der Waals surface area contributed by atoms with Crippen molar-refractivity contribution in [2.45, 2.75) is 32.6 Å². The van der Waals surface area contributed by atoms with Crippen LogP contribution in [0.1, 0.15) is 37.4 Å². The summed E-state index contributed by atoms with van der Waals surface area (Å²) in [4.78, 5) is 8.39. The molecular formula is C10H14N2. The number of aryl methyl sites for hydroxylation is 1. The Morgan fingerprint density at radius 1 is 1.50 bits per heavy atom. The molecule has 0 saturated heterocycles. The second kappa shape index (κ2) is 2.85. The Kier molecular flexibility index (Phi) is 1.83. The quantitative estimate of drug-likeness (QED) is 0.632. The van der Waals surface area contributed by atoms with E-state index in [1.165, 1.54) is 24.1 Å². The molecule has 12 heavy (non-hydrogen) atoms. The van der Waals surface area contributed by atoms with Crippen molar-refractivity contribution in [3.8, 4) is 0 Å². The third-order valence-corrected chi connectivity index (χ3v) is 2.70. The van der Waals surface area contributed by atoms with E-state index in [1.807, 2.05) is 6.20 Å². The van der Waals surface area contributed by atoms with Crippen LogP contribution < -0.4 is 0 Å². The first-order chi connectivity index (χ1) is 5.79. The van der Waals surface area contributed by atoms with Gasteiger partial charge in [-0.2, -0.15) is 0 Å². The van der Waals surface area contributed by atoms with Crippen LogP contribution in [-0.2, 0) is 6.42 Å². The van der Waals surface area contributed by atoms with Crippen molar-refractivity contribution in [1.82, 2.24) is 9.97 Å². The first-order valence-corrected chi connectivity index (χ1v) is 4.58. The Bertz CT molecular complexity index is 281. The Balaban J connectivity index is 2.36. The maximum atomic E-state index is 4.35. The summed E-state index contributed by atoms with van der Waals surface area (Å²) < 4.78 is 0. The van der Waals surface area contributed by atoms with Gasteiger partial charge in [-0.15, -0.1) is 0 Å². The molecule has 0 spiro atoms. The minimum atomic E-state index is 0.669. The number of rotatable bonds is 1. The molecule has 0 amide bonds. The third-order valence-electron chi connectivity index (χ3n) is 2.70. The first kappa shape index (κ1) is 7.71. The Hall–Kier alpha value is -0.920. The highest BCUT2D eigenvalue weighted by molar-refractivity contribution is 5.26. The minimum Gasteiger partial charge on any atom is -0.245 e. The zero-order valence-corrected chi connectivity index (χ0v) is 7.62. The van der Waals surface area contributed by atoms with Gasteiger partial charge in [0.25, 0.3) is 0 Å². The Morgan fingerprint density at radius 3 is 3.08 bits per heavy atom.